The van der Waals surface area contributed by atoms with Crippen LogP contribution in [0.3, 0.4) is 0 Å². The van der Waals surface area contributed by atoms with Gasteiger partial charge >= 0.3 is 0 Å². The van der Waals surface area contributed by atoms with Gasteiger partial charge in [-0.25, -0.2) is 9.97 Å². The third-order valence-corrected chi connectivity index (χ3v) is 2.73. The van der Waals surface area contributed by atoms with E-state index in [4.69, 9.17) is 0 Å². The predicted octanol–water partition coefficient (Wildman–Crippen LogP) is 2.79. The number of aromatic nitrogens is 3. The highest BCUT2D eigenvalue weighted by Crippen LogP contribution is 2.21. The molecule has 0 bridgehead atoms. The predicted molar refractivity (Wildman–Crippen MR) is 66.7 cm³/mol. The summed E-state index contributed by atoms with van der Waals surface area (Å²) in [5, 5.41) is 4.49. The second-order valence-corrected chi connectivity index (χ2v) is 4.29. The number of H-pyrrole nitrogens is 1. The van der Waals surface area contributed by atoms with Gasteiger partial charge in [0.2, 0.25) is 0 Å². The van der Waals surface area contributed by atoms with Crippen molar-refractivity contribution in [2.75, 3.05) is 5.32 Å². The van der Waals surface area contributed by atoms with Crippen LogP contribution in [0.5, 0.6) is 0 Å². The molecule has 0 aliphatic rings. The molecule has 0 aromatic carbocycles. The van der Waals surface area contributed by atoms with Gasteiger partial charge in [0, 0.05) is 11.7 Å². The Bertz CT molecular complexity index is 501. The Morgan fingerprint density at radius 1 is 1.38 bits per heavy atom. The maximum Gasteiger partial charge on any atom is 0.143 e. The summed E-state index contributed by atoms with van der Waals surface area (Å²) >= 11 is 0. The molecule has 4 nitrogen and oxygen atoms in total. The fourth-order valence-corrected chi connectivity index (χ4v) is 1.70. The molecular weight excluding hydrogens is 200 g/mol. The molecule has 2 N–H and O–H groups in total. The molecule has 1 atom stereocenters. The number of hydrogen-bond acceptors (Lipinski definition) is 3. The Hall–Kier alpha value is -1.58. The van der Waals surface area contributed by atoms with E-state index in [-0.39, 0.29) is 0 Å². The fraction of sp³-hybridized carbons (Fsp3) is 0.500. The average molecular weight is 218 g/mol. The molecule has 0 aliphatic carbocycles. The van der Waals surface area contributed by atoms with Gasteiger partial charge in [0.15, 0.2) is 0 Å². The van der Waals surface area contributed by atoms with Gasteiger partial charge in [-0.2, -0.15) is 0 Å². The number of anilines is 1. The molecule has 2 rings (SSSR count). The van der Waals surface area contributed by atoms with Gasteiger partial charge in [-0.1, -0.05) is 6.92 Å². The van der Waals surface area contributed by atoms with Crippen molar-refractivity contribution in [2.24, 2.45) is 0 Å². The molecule has 0 amide bonds. The summed E-state index contributed by atoms with van der Waals surface area (Å²) in [6.45, 7) is 8.26. The zero-order valence-corrected chi connectivity index (χ0v) is 10.3. The highest BCUT2D eigenvalue weighted by Gasteiger charge is 2.09. The topological polar surface area (TPSA) is 53.6 Å². The van der Waals surface area contributed by atoms with Crippen LogP contribution in [0, 0.1) is 13.8 Å². The van der Waals surface area contributed by atoms with Crippen molar-refractivity contribution in [3.8, 4) is 0 Å². The number of nitrogens with zero attached hydrogens (tertiary/aromatic N) is 2. The number of aromatic amines is 1. The average Bonchev–Trinajstić information content (AvgIpc) is 2.58. The second kappa shape index (κ2) is 4.12. The minimum Gasteiger partial charge on any atom is -0.367 e. The zero-order valence-electron chi connectivity index (χ0n) is 10.3. The van der Waals surface area contributed by atoms with Crippen LogP contribution in [0.1, 0.15) is 31.8 Å². The number of rotatable bonds is 3. The Morgan fingerprint density at radius 3 is 2.81 bits per heavy atom. The van der Waals surface area contributed by atoms with Crippen LogP contribution in [0.25, 0.3) is 11.0 Å². The minimum atomic E-state index is 0.424. The molecular formula is C12H18N4. The van der Waals surface area contributed by atoms with Gasteiger partial charge < -0.3 is 10.3 Å². The smallest absolute Gasteiger partial charge is 0.143 e. The molecule has 0 saturated heterocycles. The van der Waals surface area contributed by atoms with E-state index in [1.54, 1.807) is 0 Å². The maximum atomic E-state index is 4.46. The third-order valence-electron chi connectivity index (χ3n) is 2.73. The van der Waals surface area contributed by atoms with Crippen LogP contribution in [0.2, 0.25) is 0 Å². The number of fused-ring (bicyclic) bond motifs is 1. The lowest BCUT2D eigenvalue weighted by Crippen LogP contribution is -2.15. The molecule has 0 radical (unpaired) electrons. The molecule has 0 aliphatic heterocycles. The van der Waals surface area contributed by atoms with E-state index in [1.165, 1.54) is 0 Å². The minimum absolute atomic E-state index is 0.424. The lowest BCUT2D eigenvalue weighted by Gasteiger charge is -2.13. The summed E-state index contributed by atoms with van der Waals surface area (Å²) in [7, 11) is 0. The second-order valence-electron chi connectivity index (χ2n) is 4.29. The van der Waals surface area contributed by atoms with E-state index in [1.807, 2.05) is 13.8 Å². The zero-order chi connectivity index (χ0) is 11.7. The first-order chi connectivity index (χ1) is 7.60. The van der Waals surface area contributed by atoms with Crippen molar-refractivity contribution in [1.29, 1.82) is 0 Å². The van der Waals surface area contributed by atoms with Crippen molar-refractivity contribution in [1.82, 2.24) is 15.0 Å². The first kappa shape index (κ1) is 10.9. The highest BCUT2D eigenvalue weighted by atomic mass is 15.1. The van der Waals surface area contributed by atoms with Crippen LogP contribution in [-0.2, 0) is 0 Å². The number of aryl methyl sites for hydroxylation is 2. The molecule has 2 heterocycles. The van der Waals surface area contributed by atoms with E-state index < -0.39 is 0 Å². The summed E-state index contributed by atoms with van der Waals surface area (Å²) in [5.41, 5.74) is 2.03. The number of hydrogen-bond donors (Lipinski definition) is 2. The van der Waals surface area contributed by atoms with Crippen molar-refractivity contribution in [3.63, 3.8) is 0 Å². The molecule has 0 spiro atoms. The van der Waals surface area contributed by atoms with E-state index in [9.17, 15) is 0 Å². The van der Waals surface area contributed by atoms with E-state index in [0.29, 0.717) is 6.04 Å². The summed E-state index contributed by atoms with van der Waals surface area (Å²) in [6.07, 6.45) is 1.08. The van der Waals surface area contributed by atoms with Crippen LogP contribution in [-0.4, -0.2) is 21.0 Å². The van der Waals surface area contributed by atoms with Crippen LogP contribution < -0.4 is 5.32 Å². The van der Waals surface area contributed by atoms with E-state index >= 15 is 0 Å². The van der Waals surface area contributed by atoms with E-state index in [2.05, 4.69) is 40.2 Å². The molecule has 0 fully saturated rings. The van der Waals surface area contributed by atoms with Gasteiger partial charge in [-0.05, 0) is 33.3 Å². The van der Waals surface area contributed by atoms with Gasteiger partial charge in [-0.3, -0.25) is 0 Å². The van der Waals surface area contributed by atoms with Crippen LogP contribution >= 0.6 is 0 Å². The molecule has 2 aromatic rings. The molecule has 0 saturated carbocycles. The van der Waals surface area contributed by atoms with Crippen molar-refractivity contribution in [3.05, 3.63) is 17.6 Å². The van der Waals surface area contributed by atoms with Gasteiger partial charge in [0.05, 0.1) is 5.39 Å². The van der Waals surface area contributed by atoms with E-state index in [0.717, 1.165) is 34.8 Å². The van der Waals surface area contributed by atoms with Gasteiger partial charge in [0.1, 0.15) is 17.3 Å². The lowest BCUT2D eigenvalue weighted by molar-refractivity contribution is 0.759. The Balaban J connectivity index is 2.49. The van der Waals surface area contributed by atoms with Crippen LogP contribution in [0.4, 0.5) is 5.82 Å². The molecule has 4 heteroatoms. The quantitative estimate of drug-likeness (QED) is 0.833. The SMILES string of the molecule is CCC(C)Nc1nc(C)nc2[nH]c(C)cc12. The molecule has 86 valence electrons. The van der Waals surface area contributed by atoms with Crippen LogP contribution in [0.15, 0.2) is 6.07 Å². The van der Waals surface area contributed by atoms with Gasteiger partial charge in [-0.15, -0.1) is 0 Å². The monoisotopic (exact) mass is 218 g/mol. The first-order valence-corrected chi connectivity index (χ1v) is 5.70. The normalized spacial score (nSPS) is 13.0. The Labute approximate surface area is 95.5 Å². The fourth-order valence-electron chi connectivity index (χ4n) is 1.70. The highest BCUT2D eigenvalue weighted by molar-refractivity contribution is 5.87. The Kier molecular flexibility index (Phi) is 2.81. The summed E-state index contributed by atoms with van der Waals surface area (Å²) in [6, 6.07) is 2.51. The maximum absolute atomic E-state index is 4.46. The molecule has 16 heavy (non-hydrogen) atoms. The summed E-state index contributed by atoms with van der Waals surface area (Å²) in [5.74, 6) is 1.72. The molecule has 2 aromatic heterocycles. The largest absolute Gasteiger partial charge is 0.367 e. The van der Waals surface area contributed by atoms with Crippen molar-refractivity contribution in [2.45, 2.75) is 40.2 Å². The van der Waals surface area contributed by atoms with Crippen molar-refractivity contribution < 1.29 is 0 Å². The summed E-state index contributed by atoms with van der Waals surface area (Å²) in [4.78, 5) is 12.1. The number of nitrogens with one attached hydrogen (secondary N) is 2. The van der Waals surface area contributed by atoms with Gasteiger partial charge in [0.25, 0.3) is 0 Å². The van der Waals surface area contributed by atoms with Crippen molar-refractivity contribution >= 4 is 16.9 Å². The first-order valence-electron chi connectivity index (χ1n) is 5.70. The Morgan fingerprint density at radius 2 is 2.12 bits per heavy atom. The lowest BCUT2D eigenvalue weighted by atomic mass is 10.2. The third kappa shape index (κ3) is 2.01. The standard InChI is InChI=1S/C12H18N4/c1-5-7(2)13-11-10-6-8(3)14-12(10)16-9(4)15-11/h6-7H,5H2,1-4H3,(H2,13,14,15,16). The summed E-state index contributed by atoms with van der Waals surface area (Å²) < 4.78 is 0. The molecule has 1 unspecified atom stereocenters.